The molecule has 2 unspecified atom stereocenters. The second-order valence-corrected chi connectivity index (χ2v) is 6.20. The molecule has 21 heavy (non-hydrogen) atoms. The second kappa shape index (κ2) is 5.96. The molecule has 4 heteroatoms. The molecule has 0 bridgehead atoms. The standard InChI is InChI=1S/C17H22N2O2/c1-12-6-5-10-18-16(12)17(21)19-11-3-2-8-14(19)13-7-4-9-15(13)20/h5-6,10,13-14H,2-4,7-9,11H2,1H3. The van der Waals surface area contributed by atoms with Crippen molar-refractivity contribution in [3.63, 3.8) is 0 Å². The first-order valence-corrected chi connectivity index (χ1v) is 7.94. The number of ketones is 1. The minimum Gasteiger partial charge on any atom is -0.334 e. The number of hydrogen-bond donors (Lipinski definition) is 0. The maximum Gasteiger partial charge on any atom is 0.272 e. The van der Waals surface area contributed by atoms with Gasteiger partial charge in [-0.15, -0.1) is 0 Å². The van der Waals surface area contributed by atoms with E-state index in [0.717, 1.165) is 44.2 Å². The molecular formula is C17H22N2O2. The molecule has 1 aliphatic heterocycles. The van der Waals surface area contributed by atoms with Crippen LogP contribution in [-0.2, 0) is 4.79 Å². The van der Waals surface area contributed by atoms with Crippen molar-refractivity contribution in [2.24, 2.45) is 5.92 Å². The molecule has 1 amide bonds. The van der Waals surface area contributed by atoms with Gasteiger partial charge in [0.25, 0.3) is 5.91 Å². The van der Waals surface area contributed by atoms with Gasteiger partial charge in [0.1, 0.15) is 11.5 Å². The lowest BCUT2D eigenvalue weighted by Crippen LogP contribution is -2.49. The van der Waals surface area contributed by atoms with Gasteiger partial charge in [0.2, 0.25) is 0 Å². The third kappa shape index (κ3) is 2.71. The van der Waals surface area contributed by atoms with Crippen molar-refractivity contribution >= 4 is 11.7 Å². The zero-order valence-electron chi connectivity index (χ0n) is 12.5. The largest absolute Gasteiger partial charge is 0.334 e. The fraction of sp³-hybridized carbons (Fsp3) is 0.588. The predicted molar refractivity (Wildman–Crippen MR) is 80.0 cm³/mol. The number of aromatic nitrogens is 1. The van der Waals surface area contributed by atoms with Crippen molar-refractivity contribution in [1.82, 2.24) is 9.88 Å². The monoisotopic (exact) mass is 286 g/mol. The van der Waals surface area contributed by atoms with E-state index in [1.54, 1.807) is 6.20 Å². The molecule has 1 aliphatic carbocycles. The fourth-order valence-corrected chi connectivity index (χ4v) is 3.72. The molecule has 1 aromatic rings. The molecule has 0 radical (unpaired) electrons. The Morgan fingerprint density at radius 2 is 2.14 bits per heavy atom. The lowest BCUT2D eigenvalue weighted by atomic mass is 9.88. The Morgan fingerprint density at radius 1 is 1.29 bits per heavy atom. The first-order chi connectivity index (χ1) is 10.2. The van der Waals surface area contributed by atoms with E-state index in [2.05, 4.69) is 4.98 Å². The maximum absolute atomic E-state index is 12.8. The molecule has 2 atom stereocenters. The number of likely N-dealkylation sites (tertiary alicyclic amines) is 1. The Bertz CT molecular complexity index is 555. The lowest BCUT2D eigenvalue weighted by Gasteiger charge is -2.38. The van der Waals surface area contributed by atoms with Crippen LogP contribution in [0.15, 0.2) is 18.3 Å². The van der Waals surface area contributed by atoms with Gasteiger partial charge in [0.05, 0.1) is 0 Å². The molecule has 2 heterocycles. The summed E-state index contributed by atoms with van der Waals surface area (Å²) in [4.78, 5) is 31.1. The Morgan fingerprint density at radius 3 is 2.86 bits per heavy atom. The van der Waals surface area contributed by atoms with Crippen LogP contribution in [0.1, 0.15) is 54.6 Å². The number of amides is 1. The number of rotatable bonds is 2. The van der Waals surface area contributed by atoms with E-state index in [9.17, 15) is 9.59 Å². The van der Waals surface area contributed by atoms with Crippen molar-refractivity contribution < 1.29 is 9.59 Å². The van der Waals surface area contributed by atoms with Crippen LogP contribution < -0.4 is 0 Å². The number of carbonyl (C=O) groups excluding carboxylic acids is 2. The van der Waals surface area contributed by atoms with E-state index in [0.29, 0.717) is 17.9 Å². The number of hydrogen-bond acceptors (Lipinski definition) is 3. The van der Waals surface area contributed by atoms with E-state index >= 15 is 0 Å². The summed E-state index contributed by atoms with van der Waals surface area (Å²) in [7, 11) is 0. The van der Waals surface area contributed by atoms with Crippen LogP contribution in [-0.4, -0.2) is 34.2 Å². The first-order valence-electron chi connectivity index (χ1n) is 7.94. The van der Waals surface area contributed by atoms with E-state index in [1.165, 1.54) is 0 Å². The van der Waals surface area contributed by atoms with Gasteiger partial charge in [-0.1, -0.05) is 6.07 Å². The average Bonchev–Trinajstić information content (AvgIpc) is 2.93. The number of pyridine rings is 1. The van der Waals surface area contributed by atoms with Crippen LogP contribution >= 0.6 is 0 Å². The third-order valence-electron chi connectivity index (χ3n) is 4.84. The van der Waals surface area contributed by atoms with Crippen LogP contribution in [0.5, 0.6) is 0 Å². The lowest BCUT2D eigenvalue weighted by molar-refractivity contribution is -0.122. The number of piperidine rings is 1. The molecule has 112 valence electrons. The number of Topliss-reactive ketones (excluding diaryl/α,β-unsaturated/α-hetero) is 1. The average molecular weight is 286 g/mol. The van der Waals surface area contributed by atoms with Crippen LogP contribution in [0.25, 0.3) is 0 Å². The molecule has 0 aromatic carbocycles. The highest BCUT2D eigenvalue weighted by Crippen LogP contribution is 2.33. The highest BCUT2D eigenvalue weighted by Gasteiger charge is 2.39. The molecule has 1 saturated heterocycles. The second-order valence-electron chi connectivity index (χ2n) is 6.20. The zero-order chi connectivity index (χ0) is 14.8. The van der Waals surface area contributed by atoms with Crippen LogP contribution in [0.2, 0.25) is 0 Å². The Labute approximate surface area is 125 Å². The van der Waals surface area contributed by atoms with Gasteiger partial charge in [-0.3, -0.25) is 14.6 Å². The molecule has 0 spiro atoms. The zero-order valence-corrected chi connectivity index (χ0v) is 12.5. The molecule has 2 aliphatic rings. The molecule has 4 nitrogen and oxygen atoms in total. The molecule has 1 aromatic heterocycles. The van der Waals surface area contributed by atoms with Crippen molar-refractivity contribution in [3.05, 3.63) is 29.6 Å². The number of carbonyl (C=O) groups is 2. The Balaban J connectivity index is 1.86. The summed E-state index contributed by atoms with van der Waals surface area (Å²) in [6.07, 6.45) is 7.35. The molecule has 1 saturated carbocycles. The smallest absolute Gasteiger partial charge is 0.272 e. The van der Waals surface area contributed by atoms with Gasteiger partial charge in [-0.25, -0.2) is 0 Å². The van der Waals surface area contributed by atoms with E-state index in [4.69, 9.17) is 0 Å². The van der Waals surface area contributed by atoms with Crippen molar-refractivity contribution in [1.29, 1.82) is 0 Å². The highest BCUT2D eigenvalue weighted by molar-refractivity contribution is 5.94. The number of aryl methyl sites for hydroxylation is 1. The van der Waals surface area contributed by atoms with E-state index < -0.39 is 0 Å². The highest BCUT2D eigenvalue weighted by atomic mass is 16.2. The molecule has 2 fully saturated rings. The third-order valence-corrected chi connectivity index (χ3v) is 4.84. The minimum absolute atomic E-state index is 0.00231. The van der Waals surface area contributed by atoms with Gasteiger partial charge in [-0.2, -0.15) is 0 Å². The summed E-state index contributed by atoms with van der Waals surface area (Å²) >= 11 is 0. The SMILES string of the molecule is Cc1cccnc1C(=O)N1CCCCC1C1CCCC1=O. The Kier molecular flexibility index (Phi) is 4.04. The van der Waals surface area contributed by atoms with Gasteiger partial charge in [-0.05, 0) is 50.7 Å². The molecule has 0 N–H and O–H groups in total. The molecular weight excluding hydrogens is 264 g/mol. The molecule has 3 rings (SSSR count). The van der Waals surface area contributed by atoms with Crippen molar-refractivity contribution in [3.8, 4) is 0 Å². The van der Waals surface area contributed by atoms with Crippen LogP contribution in [0, 0.1) is 12.8 Å². The predicted octanol–water partition coefficient (Wildman–Crippen LogP) is 2.75. The summed E-state index contributed by atoms with van der Waals surface area (Å²) in [5.41, 5.74) is 1.44. The van der Waals surface area contributed by atoms with Gasteiger partial charge < -0.3 is 4.90 Å². The topological polar surface area (TPSA) is 50.3 Å². The van der Waals surface area contributed by atoms with Crippen molar-refractivity contribution in [2.45, 2.75) is 51.5 Å². The first kappa shape index (κ1) is 14.2. The van der Waals surface area contributed by atoms with Gasteiger partial charge in [0.15, 0.2) is 0 Å². The number of nitrogens with zero attached hydrogens (tertiary/aromatic N) is 2. The summed E-state index contributed by atoms with van der Waals surface area (Å²) in [5, 5.41) is 0. The summed E-state index contributed by atoms with van der Waals surface area (Å²) in [6.45, 7) is 2.67. The summed E-state index contributed by atoms with van der Waals surface area (Å²) in [5.74, 6) is 0.396. The fourth-order valence-electron chi connectivity index (χ4n) is 3.72. The maximum atomic E-state index is 12.8. The van der Waals surface area contributed by atoms with Crippen LogP contribution in [0.4, 0.5) is 0 Å². The normalized spacial score (nSPS) is 26.1. The van der Waals surface area contributed by atoms with E-state index in [-0.39, 0.29) is 17.9 Å². The van der Waals surface area contributed by atoms with Gasteiger partial charge in [0, 0.05) is 31.1 Å². The quantitative estimate of drug-likeness (QED) is 0.840. The van der Waals surface area contributed by atoms with E-state index in [1.807, 2.05) is 24.0 Å². The Hall–Kier alpha value is -1.71. The minimum atomic E-state index is -0.00231. The van der Waals surface area contributed by atoms with Crippen LogP contribution in [0.3, 0.4) is 0 Å². The summed E-state index contributed by atoms with van der Waals surface area (Å²) < 4.78 is 0. The van der Waals surface area contributed by atoms with Crippen molar-refractivity contribution in [2.75, 3.05) is 6.54 Å². The summed E-state index contributed by atoms with van der Waals surface area (Å²) in [6, 6.07) is 3.85. The van der Waals surface area contributed by atoms with Gasteiger partial charge >= 0.3 is 0 Å².